The van der Waals surface area contributed by atoms with Gasteiger partial charge in [-0.1, -0.05) is 49.4 Å². The van der Waals surface area contributed by atoms with Gasteiger partial charge in [-0.05, 0) is 55.0 Å². The molecule has 0 saturated carbocycles. The molecule has 0 fully saturated rings. The van der Waals surface area contributed by atoms with Gasteiger partial charge in [0.2, 0.25) is 5.91 Å². The monoisotopic (exact) mass is 308 g/mol. The molecule has 3 heteroatoms. The van der Waals surface area contributed by atoms with Crippen molar-refractivity contribution >= 4 is 11.6 Å². The summed E-state index contributed by atoms with van der Waals surface area (Å²) in [6.07, 6.45) is 1.36. The van der Waals surface area contributed by atoms with Crippen molar-refractivity contribution in [3.63, 3.8) is 0 Å². The summed E-state index contributed by atoms with van der Waals surface area (Å²) in [6, 6.07) is 14.3. The summed E-state index contributed by atoms with van der Waals surface area (Å²) in [4.78, 5) is 12.0. The number of carbonyl (C=O) groups excluding carboxylic acids is 1. The molecule has 0 spiro atoms. The highest BCUT2D eigenvalue weighted by Crippen LogP contribution is 2.10. The molecule has 0 aromatic heterocycles. The van der Waals surface area contributed by atoms with E-state index >= 15 is 0 Å². The molecule has 2 rings (SSSR count). The van der Waals surface area contributed by atoms with Crippen molar-refractivity contribution < 1.29 is 4.79 Å². The quantitative estimate of drug-likeness (QED) is 0.659. The van der Waals surface area contributed by atoms with E-state index in [1.54, 1.807) is 0 Å². The molecule has 120 valence electrons. The summed E-state index contributed by atoms with van der Waals surface area (Å²) in [5.41, 5.74) is 9.20. The second-order valence-electron chi connectivity index (χ2n) is 5.88. The Hall–Kier alpha value is -2.42. The average molecular weight is 308 g/mol. The van der Waals surface area contributed by atoms with Crippen LogP contribution in [0.4, 0.5) is 0 Å². The first-order chi connectivity index (χ1) is 11.0. The van der Waals surface area contributed by atoms with Gasteiger partial charge in [0.15, 0.2) is 0 Å². The van der Waals surface area contributed by atoms with Crippen molar-refractivity contribution in [3.05, 3.63) is 70.3 Å². The van der Waals surface area contributed by atoms with Gasteiger partial charge in [0, 0.05) is 0 Å². The van der Waals surface area contributed by atoms with E-state index in [0.29, 0.717) is 6.42 Å². The van der Waals surface area contributed by atoms with Crippen LogP contribution in [0.5, 0.6) is 0 Å². The van der Waals surface area contributed by atoms with E-state index in [1.165, 1.54) is 16.7 Å². The summed E-state index contributed by atoms with van der Waals surface area (Å²) in [5, 5.41) is 4.20. The largest absolute Gasteiger partial charge is 0.273 e. The lowest BCUT2D eigenvalue weighted by molar-refractivity contribution is -0.120. The second-order valence-corrected chi connectivity index (χ2v) is 5.88. The number of nitrogens with one attached hydrogen (secondary N) is 1. The first kappa shape index (κ1) is 16.9. The Morgan fingerprint density at radius 1 is 1.00 bits per heavy atom. The smallest absolute Gasteiger partial charge is 0.244 e. The molecular weight excluding hydrogens is 284 g/mol. The summed E-state index contributed by atoms with van der Waals surface area (Å²) >= 11 is 0. The Labute approximate surface area is 138 Å². The third-order valence-electron chi connectivity index (χ3n) is 4.06. The molecule has 1 amide bonds. The van der Waals surface area contributed by atoms with E-state index < -0.39 is 0 Å². The molecule has 0 bridgehead atoms. The summed E-state index contributed by atoms with van der Waals surface area (Å²) in [5.74, 6) is -0.0993. The number of rotatable bonds is 5. The number of aryl methyl sites for hydroxylation is 3. The predicted octanol–water partition coefficient (Wildman–Crippen LogP) is 3.95. The number of benzene rings is 2. The van der Waals surface area contributed by atoms with E-state index in [0.717, 1.165) is 23.3 Å². The van der Waals surface area contributed by atoms with Crippen molar-refractivity contribution in [1.29, 1.82) is 0 Å². The summed E-state index contributed by atoms with van der Waals surface area (Å²) in [7, 11) is 0. The molecule has 0 heterocycles. The van der Waals surface area contributed by atoms with E-state index in [-0.39, 0.29) is 5.91 Å². The van der Waals surface area contributed by atoms with E-state index in [9.17, 15) is 4.79 Å². The Balaban J connectivity index is 1.97. The number of hydrogen-bond donors (Lipinski definition) is 1. The maximum absolute atomic E-state index is 12.0. The van der Waals surface area contributed by atoms with Crippen molar-refractivity contribution in [3.8, 4) is 0 Å². The molecular formula is C20H24N2O. The molecule has 0 unspecified atom stereocenters. The second kappa shape index (κ2) is 7.73. The lowest BCUT2D eigenvalue weighted by Crippen LogP contribution is -2.21. The Morgan fingerprint density at radius 3 is 2.26 bits per heavy atom. The molecule has 0 radical (unpaired) electrons. The van der Waals surface area contributed by atoms with Crippen LogP contribution < -0.4 is 5.43 Å². The zero-order chi connectivity index (χ0) is 16.8. The van der Waals surface area contributed by atoms with Crippen LogP contribution in [-0.4, -0.2) is 11.6 Å². The van der Waals surface area contributed by atoms with Gasteiger partial charge in [-0.2, -0.15) is 5.10 Å². The maximum atomic E-state index is 12.0. The minimum Gasteiger partial charge on any atom is -0.273 e. The first-order valence-corrected chi connectivity index (χ1v) is 7.98. The van der Waals surface area contributed by atoms with E-state index in [2.05, 4.69) is 49.5 Å². The molecule has 23 heavy (non-hydrogen) atoms. The van der Waals surface area contributed by atoms with Crippen LogP contribution in [0.1, 0.15) is 41.7 Å². The number of amides is 1. The van der Waals surface area contributed by atoms with Crippen LogP contribution in [-0.2, 0) is 17.6 Å². The van der Waals surface area contributed by atoms with Gasteiger partial charge in [0.1, 0.15) is 0 Å². The van der Waals surface area contributed by atoms with Crippen molar-refractivity contribution in [1.82, 2.24) is 5.43 Å². The predicted molar refractivity (Wildman–Crippen MR) is 95.8 cm³/mol. The number of carbonyl (C=O) groups is 1. The summed E-state index contributed by atoms with van der Waals surface area (Å²) in [6.45, 7) is 8.15. The number of hydrazone groups is 1. The van der Waals surface area contributed by atoms with Gasteiger partial charge < -0.3 is 0 Å². The maximum Gasteiger partial charge on any atom is 0.244 e. The molecule has 1 N–H and O–H groups in total. The average Bonchev–Trinajstić information content (AvgIpc) is 2.56. The van der Waals surface area contributed by atoms with Crippen molar-refractivity contribution in [2.45, 2.75) is 40.5 Å². The van der Waals surface area contributed by atoms with Crippen LogP contribution >= 0.6 is 0 Å². The van der Waals surface area contributed by atoms with Crippen LogP contribution in [0.15, 0.2) is 47.6 Å². The van der Waals surface area contributed by atoms with Crippen LogP contribution in [0, 0.1) is 13.8 Å². The minimum absolute atomic E-state index is 0.0993. The third kappa shape index (κ3) is 4.78. The van der Waals surface area contributed by atoms with Crippen LogP contribution in [0.2, 0.25) is 0 Å². The van der Waals surface area contributed by atoms with E-state index in [1.807, 2.05) is 31.2 Å². The fourth-order valence-corrected chi connectivity index (χ4v) is 2.33. The lowest BCUT2D eigenvalue weighted by atomic mass is 10.0. The van der Waals surface area contributed by atoms with Crippen molar-refractivity contribution in [2.75, 3.05) is 0 Å². The molecule has 0 atom stereocenters. The van der Waals surface area contributed by atoms with Gasteiger partial charge in [-0.15, -0.1) is 0 Å². The highest BCUT2D eigenvalue weighted by molar-refractivity contribution is 5.99. The zero-order valence-corrected chi connectivity index (χ0v) is 14.3. The molecule has 0 aliphatic carbocycles. The van der Waals surface area contributed by atoms with Gasteiger partial charge >= 0.3 is 0 Å². The normalized spacial score (nSPS) is 11.4. The van der Waals surface area contributed by atoms with Gasteiger partial charge in [0.25, 0.3) is 0 Å². The van der Waals surface area contributed by atoms with E-state index in [4.69, 9.17) is 0 Å². The topological polar surface area (TPSA) is 41.5 Å². The van der Waals surface area contributed by atoms with Crippen molar-refractivity contribution in [2.24, 2.45) is 5.10 Å². The van der Waals surface area contributed by atoms with Gasteiger partial charge in [-0.3, -0.25) is 4.79 Å². The number of hydrogen-bond acceptors (Lipinski definition) is 2. The standard InChI is InChI=1S/C20H24N2O/c1-5-17-8-10-19(11-9-17)16(4)21-22-20(23)13-18-7-6-14(2)15(3)12-18/h6-12H,5,13H2,1-4H3,(H,22,23)/b21-16-. The Kier molecular flexibility index (Phi) is 5.69. The fraction of sp³-hybridized carbons (Fsp3) is 0.300. The molecule has 0 saturated heterocycles. The van der Waals surface area contributed by atoms with Crippen LogP contribution in [0.25, 0.3) is 0 Å². The SMILES string of the molecule is CCc1ccc(/C(C)=N\NC(=O)Cc2ccc(C)c(C)c2)cc1. The summed E-state index contributed by atoms with van der Waals surface area (Å²) < 4.78 is 0. The minimum atomic E-state index is -0.0993. The molecule has 2 aromatic carbocycles. The highest BCUT2D eigenvalue weighted by atomic mass is 16.2. The fourth-order valence-electron chi connectivity index (χ4n) is 2.33. The Bertz CT molecular complexity index is 715. The van der Waals surface area contributed by atoms with Gasteiger partial charge in [0.05, 0.1) is 12.1 Å². The number of nitrogens with zero attached hydrogens (tertiary/aromatic N) is 1. The zero-order valence-electron chi connectivity index (χ0n) is 14.3. The third-order valence-corrected chi connectivity index (χ3v) is 4.06. The lowest BCUT2D eigenvalue weighted by Gasteiger charge is -2.06. The molecule has 3 nitrogen and oxygen atoms in total. The first-order valence-electron chi connectivity index (χ1n) is 7.98. The molecule has 2 aromatic rings. The molecule has 0 aliphatic heterocycles. The molecule has 0 aliphatic rings. The van der Waals surface area contributed by atoms with Crippen LogP contribution in [0.3, 0.4) is 0 Å². The Morgan fingerprint density at radius 2 is 1.65 bits per heavy atom. The highest BCUT2D eigenvalue weighted by Gasteiger charge is 2.04. The van der Waals surface area contributed by atoms with Gasteiger partial charge in [-0.25, -0.2) is 5.43 Å².